The molecule has 2 atom stereocenters. The number of piperazine rings is 1. The van der Waals surface area contributed by atoms with Gasteiger partial charge < -0.3 is 10.2 Å². The molecule has 0 bridgehead atoms. The number of benzene rings is 2. The fourth-order valence-electron chi connectivity index (χ4n) is 6.87. The normalized spacial score (nSPS) is 19.4. The number of phenolic OH excluding ortho intramolecular Hbond substituents is 2. The molecule has 2 aromatic rings. The first kappa shape index (κ1) is 32.5. The molecular weight excluding hydrogens is 492 g/mol. The molecule has 0 spiro atoms. The zero-order chi connectivity index (χ0) is 30.2. The maximum absolute atomic E-state index is 11.2. The second-order valence-corrected chi connectivity index (χ2v) is 14.5. The van der Waals surface area contributed by atoms with Crippen LogP contribution >= 0.6 is 0 Å². The zero-order valence-electron chi connectivity index (χ0n) is 27.8. The predicted molar refractivity (Wildman–Crippen MR) is 171 cm³/mol. The zero-order valence-corrected chi connectivity index (χ0v) is 27.8. The predicted octanol–water partition coefficient (Wildman–Crippen LogP) is 8.58. The maximum atomic E-state index is 11.2. The lowest BCUT2D eigenvalue weighted by Gasteiger charge is -2.49. The van der Waals surface area contributed by atoms with E-state index in [-0.39, 0.29) is 10.8 Å². The van der Waals surface area contributed by atoms with Crippen LogP contribution in [0.2, 0.25) is 0 Å². The minimum Gasteiger partial charge on any atom is -0.507 e. The van der Waals surface area contributed by atoms with Gasteiger partial charge >= 0.3 is 0 Å². The van der Waals surface area contributed by atoms with Crippen molar-refractivity contribution in [3.05, 3.63) is 56.6 Å². The van der Waals surface area contributed by atoms with Gasteiger partial charge in [-0.1, -0.05) is 80.4 Å². The average molecular weight is 551 g/mol. The van der Waals surface area contributed by atoms with Crippen LogP contribution in [0.15, 0.2) is 12.1 Å². The third-order valence-electron chi connectivity index (χ3n) is 9.36. The summed E-state index contributed by atoms with van der Waals surface area (Å²) in [4.78, 5) is 5.40. The number of phenols is 2. The van der Waals surface area contributed by atoms with E-state index in [9.17, 15) is 10.2 Å². The van der Waals surface area contributed by atoms with Crippen LogP contribution in [-0.2, 0) is 23.9 Å². The van der Waals surface area contributed by atoms with Gasteiger partial charge in [0.25, 0.3) is 0 Å². The van der Waals surface area contributed by atoms with Crippen molar-refractivity contribution in [1.29, 1.82) is 0 Å². The lowest BCUT2D eigenvalue weighted by atomic mass is 9.82. The fourth-order valence-corrected chi connectivity index (χ4v) is 6.87. The summed E-state index contributed by atoms with van der Waals surface area (Å²) in [5.74, 6) is 0.932. The Hall–Kier alpha value is -2.04. The summed E-state index contributed by atoms with van der Waals surface area (Å²) < 4.78 is 0. The fraction of sp³-hybridized carbons (Fsp3) is 0.667. The van der Waals surface area contributed by atoms with Crippen LogP contribution in [0.25, 0.3) is 0 Å². The van der Waals surface area contributed by atoms with Gasteiger partial charge in [-0.25, -0.2) is 0 Å². The first-order chi connectivity index (χ1) is 18.5. The third kappa shape index (κ3) is 6.71. The van der Waals surface area contributed by atoms with Gasteiger partial charge in [0, 0.05) is 38.3 Å². The molecule has 0 radical (unpaired) electrons. The monoisotopic (exact) mass is 550 g/mol. The van der Waals surface area contributed by atoms with Crippen molar-refractivity contribution < 1.29 is 10.2 Å². The van der Waals surface area contributed by atoms with Gasteiger partial charge in [-0.15, -0.1) is 0 Å². The van der Waals surface area contributed by atoms with Crippen LogP contribution < -0.4 is 0 Å². The second kappa shape index (κ2) is 12.4. The van der Waals surface area contributed by atoms with Crippen molar-refractivity contribution in [2.24, 2.45) is 0 Å². The molecule has 1 fully saturated rings. The highest BCUT2D eigenvalue weighted by Gasteiger charge is 2.37. The molecule has 1 heterocycles. The van der Waals surface area contributed by atoms with Crippen molar-refractivity contribution in [3.63, 3.8) is 0 Å². The van der Waals surface area contributed by atoms with E-state index in [1.165, 1.54) is 22.3 Å². The van der Waals surface area contributed by atoms with Crippen molar-refractivity contribution in [1.82, 2.24) is 9.80 Å². The van der Waals surface area contributed by atoms with E-state index in [2.05, 4.69) is 105 Å². The molecule has 3 rings (SSSR count). The van der Waals surface area contributed by atoms with E-state index < -0.39 is 0 Å². The van der Waals surface area contributed by atoms with Gasteiger partial charge in [0.2, 0.25) is 0 Å². The lowest BCUT2D eigenvalue weighted by molar-refractivity contribution is 0.000289. The summed E-state index contributed by atoms with van der Waals surface area (Å²) in [6, 6.07) is 5.35. The summed E-state index contributed by atoms with van der Waals surface area (Å²) in [6.07, 6.45) is 4.63. The van der Waals surface area contributed by atoms with Crippen LogP contribution in [0.3, 0.4) is 0 Å². The number of rotatable bonds is 8. The van der Waals surface area contributed by atoms with Gasteiger partial charge in [0.15, 0.2) is 0 Å². The molecular formula is C36H58N2O2. The molecule has 4 nitrogen and oxygen atoms in total. The first-order valence-corrected chi connectivity index (χ1v) is 15.7. The molecule has 0 aromatic heterocycles. The second-order valence-electron chi connectivity index (χ2n) is 14.5. The smallest absolute Gasteiger partial charge is 0.122 e. The Labute approximate surface area is 245 Å². The van der Waals surface area contributed by atoms with Gasteiger partial charge in [-0.3, -0.25) is 9.80 Å². The number of nitrogens with zero attached hydrogens (tertiary/aromatic N) is 2. The number of aryl methyl sites for hydroxylation is 2. The Bertz CT molecular complexity index is 1090. The molecule has 0 aliphatic carbocycles. The molecule has 0 amide bonds. The molecule has 0 saturated carbocycles. The topological polar surface area (TPSA) is 46.9 Å². The maximum Gasteiger partial charge on any atom is 0.122 e. The SMILES string of the molecule is CCCC1C(CCC)N(Cc2c(C)cc(C(C)(C)C)c(O)c2C)CCN1Cc1c(C)cc(C(C)(C)C)c(O)c1C. The van der Waals surface area contributed by atoms with Crippen LogP contribution in [0.4, 0.5) is 0 Å². The third-order valence-corrected chi connectivity index (χ3v) is 9.36. The number of aromatic hydroxyl groups is 2. The highest BCUT2D eigenvalue weighted by Crippen LogP contribution is 2.40. The highest BCUT2D eigenvalue weighted by atomic mass is 16.3. The summed E-state index contributed by atoms with van der Waals surface area (Å²) in [6.45, 7) is 30.1. The Balaban J connectivity index is 1.95. The molecule has 1 saturated heterocycles. The highest BCUT2D eigenvalue weighted by molar-refractivity contribution is 5.52. The van der Waals surface area contributed by atoms with Gasteiger partial charge in [-0.2, -0.15) is 0 Å². The largest absolute Gasteiger partial charge is 0.507 e. The van der Waals surface area contributed by atoms with Crippen molar-refractivity contribution in [3.8, 4) is 11.5 Å². The summed E-state index contributed by atoms with van der Waals surface area (Å²) in [5, 5.41) is 22.4. The van der Waals surface area contributed by atoms with Crippen LogP contribution in [-0.4, -0.2) is 45.2 Å². The van der Waals surface area contributed by atoms with Crippen molar-refractivity contribution >= 4 is 0 Å². The summed E-state index contributed by atoms with van der Waals surface area (Å²) in [7, 11) is 0. The molecule has 1 aliphatic rings. The molecule has 40 heavy (non-hydrogen) atoms. The number of hydrogen-bond acceptors (Lipinski definition) is 4. The van der Waals surface area contributed by atoms with E-state index in [4.69, 9.17) is 0 Å². The number of hydrogen-bond donors (Lipinski definition) is 2. The molecule has 1 aliphatic heterocycles. The quantitative estimate of drug-likeness (QED) is 0.345. The molecule has 4 heteroatoms. The van der Waals surface area contributed by atoms with Crippen LogP contribution in [0.1, 0.15) is 126 Å². The van der Waals surface area contributed by atoms with E-state index in [1.54, 1.807) is 0 Å². The molecule has 2 aromatic carbocycles. The minimum atomic E-state index is -0.0868. The van der Waals surface area contributed by atoms with Crippen molar-refractivity contribution in [2.75, 3.05) is 13.1 Å². The van der Waals surface area contributed by atoms with Crippen LogP contribution in [0.5, 0.6) is 11.5 Å². The van der Waals surface area contributed by atoms with E-state index >= 15 is 0 Å². The lowest BCUT2D eigenvalue weighted by Crippen LogP contribution is -2.58. The van der Waals surface area contributed by atoms with Crippen LogP contribution in [0, 0.1) is 27.7 Å². The Morgan fingerprint density at radius 3 is 1.25 bits per heavy atom. The Morgan fingerprint density at radius 2 is 0.975 bits per heavy atom. The van der Waals surface area contributed by atoms with Gasteiger partial charge in [0.1, 0.15) is 11.5 Å². The summed E-state index contributed by atoms with van der Waals surface area (Å²) >= 11 is 0. The van der Waals surface area contributed by atoms with E-state index in [0.717, 1.165) is 74.1 Å². The van der Waals surface area contributed by atoms with Gasteiger partial charge in [0.05, 0.1) is 0 Å². The molecule has 2 unspecified atom stereocenters. The summed E-state index contributed by atoms with van der Waals surface area (Å²) in [5.41, 5.74) is 9.11. The van der Waals surface area contributed by atoms with Crippen molar-refractivity contribution in [2.45, 2.75) is 145 Å². The standard InChI is InChI=1S/C36H58N2O2/c1-13-15-31-32(16-14-2)38(22-28-24(4)20-30(36(10,11)12)34(40)26(28)6)18-17-37(31)21-27-23(3)19-29(35(7,8)9)33(39)25(27)5/h19-20,31-32,39-40H,13-18,21-22H2,1-12H3. The van der Waals surface area contributed by atoms with Gasteiger partial charge in [-0.05, 0) is 95.9 Å². The van der Waals surface area contributed by atoms with E-state index in [0.29, 0.717) is 23.6 Å². The minimum absolute atomic E-state index is 0.0868. The average Bonchev–Trinajstić information content (AvgIpc) is 2.85. The first-order valence-electron chi connectivity index (χ1n) is 15.7. The van der Waals surface area contributed by atoms with E-state index in [1.807, 2.05) is 0 Å². The Morgan fingerprint density at radius 1 is 0.650 bits per heavy atom. The molecule has 224 valence electrons. The molecule has 2 N–H and O–H groups in total. The Kier molecular flexibility index (Phi) is 10.1.